The third-order valence-corrected chi connectivity index (χ3v) is 3.42. The second-order valence-corrected chi connectivity index (χ2v) is 5.81. The van der Waals surface area contributed by atoms with Gasteiger partial charge in [-0.25, -0.2) is 0 Å². The first-order valence-electron chi connectivity index (χ1n) is 7.82. The molecule has 0 radical (unpaired) electrons. The number of allylic oxidation sites excluding steroid dienone is 1. The van der Waals surface area contributed by atoms with Crippen molar-refractivity contribution in [1.82, 2.24) is 15.1 Å². The van der Waals surface area contributed by atoms with Crippen LogP contribution in [0.15, 0.2) is 41.9 Å². The van der Waals surface area contributed by atoms with Gasteiger partial charge < -0.3 is 15.1 Å². The number of guanidine groups is 1. The Morgan fingerprint density at radius 1 is 1.27 bits per heavy atom. The molecule has 0 aliphatic rings. The molecular weight excluding hydrogens is 272 g/mol. The van der Waals surface area contributed by atoms with Crippen LogP contribution in [0.3, 0.4) is 0 Å². The van der Waals surface area contributed by atoms with E-state index in [1.807, 2.05) is 13.1 Å². The van der Waals surface area contributed by atoms with Gasteiger partial charge in [0.2, 0.25) is 0 Å². The highest BCUT2D eigenvalue weighted by Crippen LogP contribution is 2.07. The maximum atomic E-state index is 4.35. The Morgan fingerprint density at radius 3 is 2.64 bits per heavy atom. The molecule has 0 fully saturated rings. The molecule has 0 heterocycles. The van der Waals surface area contributed by atoms with Gasteiger partial charge in [0.25, 0.3) is 0 Å². The summed E-state index contributed by atoms with van der Waals surface area (Å²) in [6.07, 6.45) is 4.09. The molecule has 1 aromatic carbocycles. The Labute approximate surface area is 135 Å². The van der Waals surface area contributed by atoms with Crippen LogP contribution < -0.4 is 5.32 Å². The van der Waals surface area contributed by atoms with Crippen LogP contribution in [-0.2, 0) is 13.1 Å². The summed E-state index contributed by atoms with van der Waals surface area (Å²) in [6, 6.07) is 8.68. The lowest BCUT2D eigenvalue weighted by Gasteiger charge is -2.22. The Kier molecular flexibility index (Phi) is 8.30. The number of nitrogens with zero attached hydrogens (tertiary/aromatic N) is 3. The molecule has 0 saturated carbocycles. The van der Waals surface area contributed by atoms with E-state index in [0.29, 0.717) is 0 Å². The van der Waals surface area contributed by atoms with E-state index >= 15 is 0 Å². The zero-order valence-corrected chi connectivity index (χ0v) is 14.5. The highest BCUT2D eigenvalue weighted by Gasteiger charge is 2.05. The zero-order valence-electron chi connectivity index (χ0n) is 14.5. The first kappa shape index (κ1) is 18.2. The van der Waals surface area contributed by atoms with Crippen LogP contribution in [-0.4, -0.2) is 50.5 Å². The van der Waals surface area contributed by atoms with E-state index < -0.39 is 0 Å². The molecule has 0 aliphatic heterocycles. The molecule has 0 spiro atoms. The van der Waals surface area contributed by atoms with Gasteiger partial charge in [0.05, 0.1) is 0 Å². The van der Waals surface area contributed by atoms with Gasteiger partial charge in [-0.1, -0.05) is 30.3 Å². The van der Waals surface area contributed by atoms with Crippen molar-refractivity contribution in [3.63, 3.8) is 0 Å². The SMILES string of the molecule is C=CCCCN(C)C(=NC)NCc1cccc(CN(C)C)c1. The Morgan fingerprint density at radius 2 is 2.00 bits per heavy atom. The molecular formula is C18H30N4. The van der Waals surface area contributed by atoms with Crippen LogP contribution in [0.4, 0.5) is 0 Å². The highest BCUT2D eigenvalue weighted by molar-refractivity contribution is 5.79. The first-order valence-corrected chi connectivity index (χ1v) is 7.82. The molecule has 22 heavy (non-hydrogen) atoms. The number of hydrogen-bond acceptors (Lipinski definition) is 2. The van der Waals surface area contributed by atoms with E-state index in [1.54, 1.807) is 0 Å². The first-order chi connectivity index (χ1) is 10.6. The molecule has 0 aromatic heterocycles. The molecule has 0 saturated heterocycles. The topological polar surface area (TPSA) is 30.9 Å². The van der Waals surface area contributed by atoms with Gasteiger partial charge in [0.1, 0.15) is 0 Å². The molecule has 0 unspecified atom stereocenters. The van der Waals surface area contributed by atoms with Gasteiger partial charge in [0.15, 0.2) is 5.96 Å². The summed E-state index contributed by atoms with van der Waals surface area (Å²) >= 11 is 0. The summed E-state index contributed by atoms with van der Waals surface area (Å²) in [6.45, 7) is 6.49. The van der Waals surface area contributed by atoms with Crippen molar-refractivity contribution in [1.29, 1.82) is 0 Å². The van der Waals surface area contributed by atoms with Crippen molar-refractivity contribution < 1.29 is 0 Å². The van der Waals surface area contributed by atoms with E-state index in [0.717, 1.165) is 38.4 Å². The van der Waals surface area contributed by atoms with E-state index in [2.05, 4.69) is 72.1 Å². The smallest absolute Gasteiger partial charge is 0.193 e. The number of aliphatic imine (C=N–C) groups is 1. The lowest BCUT2D eigenvalue weighted by Crippen LogP contribution is -2.39. The lowest BCUT2D eigenvalue weighted by atomic mass is 10.1. The third kappa shape index (κ3) is 6.76. The molecule has 0 aliphatic carbocycles. The second-order valence-electron chi connectivity index (χ2n) is 5.81. The minimum absolute atomic E-state index is 0.791. The summed E-state index contributed by atoms with van der Waals surface area (Å²) in [5.41, 5.74) is 2.61. The van der Waals surface area contributed by atoms with Gasteiger partial charge in [-0.15, -0.1) is 6.58 Å². The summed E-state index contributed by atoms with van der Waals surface area (Å²) in [5, 5.41) is 3.43. The average Bonchev–Trinajstić information content (AvgIpc) is 2.48. The summed E-state index contributed by atoms with van der Waals surface area (Å²) in [7, 11) is 8.08. The standard InChI is InChI=1S/C18H30N4/c1-6-7-8-12-22(5)18(19-2)20-14-16-10-9-11-17(13-16)15-21(3)4/h6,9-11,13H,1,7-8,12,14-15H2,2-5H3,(H,19,20). The minimum atomic E-state index is 0.791. The van der Waals surface area contributed by atoms with Crippen molar-refractivity contribution in [2.24, 2.45) is 4.99 Å². The predicted molar refractivity (Wildman–Crippen MR) is 96.1 cm³/mol. The Hall–Kier alpha value is -1.81. The molecule has 4 heteroatoms. The Bertz CT molecular complexity index is 480. The normalized spacial score (nSPS) is 11.6. The fourth-order valence-corrected chi connectivity index (χ4v) is 2.35. The fraction of sp³-hybridized carbons (Fsp3) is 0.500. The number of nitrogens with one attached hydrogen (secondary N) is 1. The van der Waals surface area contributed by atoms with Crippen LogP contribution in [0.5, 0.6) is 0 Å². The number of benzene rings is 1. The third-order valence-electron chi connectivity index (χ3n) is 3.42. The average molecular weight is 302 g/mol. The van der Waals surface area contributed by atoms with Gasteiger partial charge in [-0.3, -0.25) is 4.99 Å². The van der Waals surface area contributed by atoms with Crippen molar-refractivity contribution in [2.75, 3.05) is 34.7 Å². The number of rotatable bonds is 8. The molecule has 0 atom stereocenters. The second kappa shape index (κ2) is 10.0. The summed E-state index contributed by atoms with van der Waals surface area (Å²) in [4.78, 5) is 8.69. The van der Waals surface area contributed by atoms with Gasteiger partial charge in [-0.05, 0) is 38.1 Å². The zero-order chi connectivity index (χ0) is 16.4. The van der Waals surface area contributed by atoms with Crippen LogP contribution in [0.1, 0.15) is 24.0 Å². The molecule has 4 nitrogen and oxygen atoms in total. The predicted octanol–water partition coefficient (Wildman–Crippen LogP) is 2.72. The molecule has 122 valence electrons. The van der Waals surface area contributed by atoms with Crippen LogP contribution in [0.2, 0.25) is 0 Å². The van der Waals surface area contributed by atoms with Crippen LogP contribution >= 0.6 is 0 Å². The van der Waals surface area contributed by atoms with Crippen molar-refractivity contribution in [2.45, 2.75) is 25.9 Å². The molecule has 1 N–H and O–H groups in total. The summed E-state index contributed by atoms with van der Waals surface area (Å²) in [5.74, 6) is 0.932. The monoisotopic (exact) mass is 302 g/mol. The van der Waals surface area contributed by atoms with Gasteiger partial charge in [0, 0.05) is 33.7 Å². The van der Waals surface area contributed by atoms with Gasteiger partial charge >= 0.3 is 0 Å². The van der Waals surface area contributed by atoms with E-state index in [9.17, 15) is 0 Å². The highest BCUT2D eigenvalue weighted by atomic mass is 15.3. The number of hydrogen-bond donors (Lipinski definition) is 1. The lowest BCUT2D eigenvalue weighted by molar-refractivity contribution is 0.402. The quantitative estimate of drug-likeness (QED) is 0.347. The molecule has 1 aromatic rings. The molecule has 0 bridgehead atoms. The van der Waals surface area contributed by atoms with Crippen molar-refractivity contribution in [3.05, 3.63) is 48.0 Å². The number of unbranched alkanes of at least 4 members (excludes halogenated alkanes) is 1. The maximum absolute atomic E-state index is 4.35. The Balaban J connectivity index is 2.54. The van der Waals surface area contributed by atoms with Crippen molar-refractivity contribution >= 4 is 5.96 Å². The fourth-order valence-electron chi connectivity index (χ4n) is 2.35. The summed E-state index contributed by atoms with van der Waals surface area (Å²) < 4.78 is 0. The van der Waals surface area contributed by atoms with E-state index in [4.69, 9.17) is 0 Å². The van der Waals surface area contributed by atoms with E-state index in [-0.39, 0.29) is 0 Å². The maximum Gasteiger partial charge on any atom is 0.193 e. The van der Waals surface area contributed by atoms with Gasteiger partial charge in [-0.2, -0.15) is 0 Å². The van der Waals surface area contributed by atoms with Crippen LogP contribution in [0, 0.1) is 0 Å². The van der Waals surface area contributed by atoms with Crippen LogP contribution in [0.25, 0.3) is 0 Å². The minimum Gasteiger partial charge on any atom is -0.352 e. The van der Waals surface area contributed by atoms with E-state index in [1.165, 1.54) is 11.1 Å². The molecule has 1 rings (SSSR count). The largest absolute Gasteiger partial charge is 0.352 e. The molecule has 0 amide bonds. The van der Waals surface area contributed by atoms with Crippen molar-refractivity contribution in [3.8, 4) is 0 Å².